The van der Waals surface area contributed by atoms with Crippen LogP contribution in [0.2, 0.25) is 0 Å². The van der Waals surface area contributed by atoms with Crippen molar-refractivity contribution in [3.05, 3.63) is 11.8 Å². The van der Waals surface area contributed by atoms with Crippen LogP contribution >= 0.6 is 0 Å². The molecule has 1 heterocycles. The lowest BCUT2D eigenvalue weighted by atomic mass is 9.74. The Kier molecular flexibility index (Phi) is 4.10. The van der Waals surface area contributed by atoms with Crippen LogP contribution in [0.25, 0.3) is 0 Å². The summed E-state index contributed by atoms with van der Waals surface area (Å²) in [6.45, 7) is 3.09. The Morgan fingerprint density at radius 3 is 2.94 bits per heavy atom. The standard InChI is InChI=1S/C14H25NO2/c1-11-6-5-8-14(10-11,16-2)13(15)12-7-3-4-9-17-12/h7,11,13H,3-6,8-10,15H2,1-2H3. The van der Waals surface area contributed by atoms with E-state index in [9.17, 15) is 0 Å². The second-order valence-corrected chi connectivity index (χ2v) is 5.55. The van der Waals surface area contributed by atoms with Crippen LogP contribution in [0.3, 0.4) is 0 Å². The monoisotopic (exact) mass is 239 g/mol. The van der Waals surface area contributed by atoms with Gasteiger partial charge in [0, 0.05) is 7.11 Å². The number of rotatable bonds is 3. The maximum Gasteiger partial charge on any atom is 0.112 e. The van der Waals surface area contributed by atoms with Gasteiger partial charge in [0.1, 0.15) is 5.76 Å². The zero-order valence-electron chi connectivity index (χ0n) is 11.1. The molecule has 0 saturated heterocycles. The van der Waals surface area contributed by atoms with Crippen LogP contribution in [0, 0.1) is 5.92 Å². The Labute approximate surface area is 104 Å². The number of allylic oxidation sites excluding steroid dienone is 1. The van der Waals surface area contributed by atoms with Crippen LogP contribution in [0.15, 0.2) is 11.8 Å². The minimum atomic E-state index is -0.208. The molecule has 0 radical (unpaired) electrons. The first-order valence-corrected chi connectivity index (χ1v) is 6.81. The first kappa shape index (κ1) is 12.9. The predicted octanol–water partition coefficient (Wildman–Crippen LogP) is 2.60. The van der Waals surface area contributed by atoms with Crippen molar-refractivity contribution in [3.8, 4) is 0 Å². The van der Waals surface area contributed by atoms with Crippen molar-refractivity contribution in [2.75, 3.05) is 13.7 Å². The molecule has 0 aromatic rings. The van der Waals surface area contributed by atoms with Crippen LogP contribution in [-0.2, 0) is 9.47 Å². The fourth-order valence-corrected chi connectivity index (χ4v) is 3.19. The summed E-state index contributed by atoms with van der Waals surface area (Å²) >= 11 is 0. The summed E-state index contributed by atoms with van der Waals surface area (Å²) in [6.07, 6.45) is 8.92. The molecule has 98 valence electrons. The first-order chi connectivity index (χ1) is 8.18. The molecule has 1 fully saturated rings. The molecule has 3 heteroatoms. The molecular formula is C14H25NO2. The maximum atomic E-state index is 6.41. The highest BCUT2D eigenvalue weighted by atomic mass is 16.5. The zero-order valence-corrected chi connectivity index (χ0v) is 11.1. The maximum absolute atomic E-state index is 6.41. The molecule has 2 rings (SSSR count). The van der Waals surface area contributed by atoms with Gasteiger partial charge in [-0.25, -0.2) is 0 Å². The number of ether oxygens (including phenoxy) is 2. The van der Waals surface area contributed by atoms with Gasteiger partial charge in [-0.05, 0) is 37.7 Å². The van der Waals surface area contributed by atoms with Gasteiger partial charge in [-0.15, -0.1) is 0 Å². The van der Waals surface area contributed by atoms with Crippen LogP contribution in [0.4, 0.5) is 0 Å². The van der Waals surface area contributed by atoms with Crippen LogP contribution < -0.4 is 5.73 Å². The quantitative estimate of drug-likeness (QED) is 0.823. The fourth-order valence-electron chi connectivity index (χ4n) is 3.19. The van der Waals surface area contributed by atoms with Gasteiger partial charge in [0.15, 0.2) is 0 Å². The van der Waals surface area contributed by atoms with Crippen molar-refractivity contribution in [2.45, 2.75) is 57.1 Å². The van der Waals surface area contributed by atoms with Gasteiger partial charge in [0.2, 0.25) is 0 Å². The lowest BCUT2D eigenvalue weighted by Crippen LogP contribution is -2.53. The average molecular weight is 239 g/mol. The van der Waals surface area contributed by atoms with E-state index in [0.29, 0.717) is 5.92 Å². The lowest BCUT2D eigenvalue weighted by Gasteiger charge is -2.43. The van der Waals surface area contributed by atoms with Gasteiger partial charge >= 0.3 is 0 Å². The summed E-state index contributed by atoms with van der Waals surface area (Å²) in [5.41, 5.74) is 6.21. The van der Waals surface area contributed by atoms with Crippen molar-refractivity contribution in [1.82, 2.24) is 0 Å². The number of hydrogen-bond donors (Lipinski definition) is 1. The summed E-state index contributed by atoms with van der Waals surface area (Å²) in [6, 6.07) is -0.101. The highest BCUT2D eigenvalue weighted by Gasteiger charge is 2.42. The SMILES string of the molecule is COC1(C(N)C2=CCCCO2)CCCC(C)C1. The van der Waals surface area contributed by atoms with Crippen LogP contribution in [0.1, 0.15) is 45.4 Å². The Bertz CT molecular complexity index is 290. The molecule has 2 aliphatic rings. The van der Waals surface area contributed by atoms with Crippen LogP contribution in [-0.4, -0.2) is 25.4 Å². The molecule has 0 bridgehead atoms. The Hall–Kier alpha value is -0.540. The van der Waals surface area contributed by atoms with Crippen molar-refractivity contribution in [3.63, 3.8) is 0 Å². The van der Waals surface area contributed by atoms with Gasteiger partial charge in [-0.2, -0.15) is 0 Å². The highest BCUT2D eigenvalue weighted by Crippen LogP contribution is 2.39. The minimum Gasteiger partial charge on any atom is -0.496 e. The molecule has 0 aromatic carbocycles. The van der Waals surface area contributed by atoms with E-state index in [2.05, 4.69) is 13.0 Å². The van der Waals surface area contributed by atoms with E-state index in [4.69, 9.17) is 15.2 Å². The fraction of sp³-hybridized carbons (Fsp3) is 0.857. The van der Waals surface area contributed by atoms with E-state index in [1.54, 1.807) is 7.11 Å². The van der Waals surface area contributed by atoms with Gasteiger partial charge < -0.3 is 15.2 Å². The normalized spacial score (nSPS) is 35.9. The first-order valence-electron chi connectivity index (χ1n) is 6.81. The molecule has 3 unspecified atom stereocenters. The predicted molar refractivity (Wildman–Crippen MR) is 68.6 cm³/mol. The smallest absolute Gasteiger partial charge is 0.112 e. The van der Waals surface area contributed by atoms with Gasteiger partial charge in [0.25, 0.3) is 0 Å². The van der Waals surface area contributed by atoms with E-state index >= 15 is 0 Å². The van der Waals surface area contributed by atoms with E-state index in [1.165, 1.54) is 12.8 Å². The van der Waals surface area contributed by atoms with E-state index in [-0.39, 0.29) is 11.6 Å². The second kappa shape index (κ2) is 5.40. The van der Waals surface area contributed by atoms with Crippen LogP contribution in [0.5, 0.6) is 0 Å². The van der Waals surface area contributed by atoms with E-state index in [0.717, 1.165) is 38.0 Å². The Morgan fingerprint density at radius 2 is 2.35 bits per heavy atom. The van der Waals surface area contributed by atoms with Crippen molar-refractivity contribution in [2.24, 2.45) is 11.7 Å². The molecule has 1 aliphatic carbocycles. The molecule has 0 amide bonds. The molecule has 1 saturated carbocycles. The largest absolute Gasteiger partial charge is 0.496 e. The van der Waals surface area contributed by atoms with E-state index in [1.807, 2.05) is 0 Å². The average Bonchev–Trinajstić information content (AvgIpc) is 2.38. The molecule has 2 N–H and O–H groups in total. The summed E-state index contributed by atoms with van der Waals surface area (Å²) in [5, 5.41) is 0. The van der Waals surface area contributed by atoms with E-state index < -0.39 is 0 Å². The van der Waals surface area contributed by atoms with Gasteiger partial charge in [-0.3, -0.25) is 0 Å². The lowest BCUT2D eigenvalue weighted by molar-refractivity contribution is -0.0738. The Morgan fingerprint density at radius 1 is 1.53 bits per heavy atom. The number of hydrogen-bond acceptors (Lipinski definition) is 3. The molecule has 3 nitrogen and oxygen atoms in total. The third-order valence-corrected chi connectivity index (χ3v) is 4.23. The molecule has 17 heavy (non-hydrogen) atoms. The van der Waals surface area contributed by atoms with Gasteiger partial charge in [0.05, 0.1) is 18.2 Å². The molecule has 0 spiro atoms. The summed E-state index contributed by atoms with van der Waals surface area (Å²) in [5.74, 6) is 1.64. The third-order valence-electron chi connectivity index (χ3n) is 4.23. The molecule has 3 atom stereocenters. The number of nitrogens with two attached hydrogens (primary N) is 1. The molecule has 1 aliphatic heterocycles. The number of methoxy groups -OCH3 is 1. The Balaban J connectivity index is 2.13. The molecular weight excluding hydrogens is 214 g/mol. The van der Waals surface area contributed by atoms with Crippen molar-refractivity contribution < 1.29 is 9.47 Å². The summed E-state index contributed by atoms with van der Waals surface area (Å²) < 4.78 is 11.5. The molecule has 0 aromatic heterocycles. The second-order valence-electron chi connectivity index (χ2n) is 5.55. The van der Waals surface area contributed by atoms with Crippen molar-refractivity contribution >= 4 is 0 Å². The highest BCUT2D eigenvalue weighted by molar-refractivity contribution is 5.13. The summed E-state index contributed by atoms with van der Waals surface area (Å²) in [4.78, 5) is 0. The zero-order chi connectivity index (χ0) is 12.3. The third kappa shape index (κ3) is 2.66. The summed E-state index contributed by atoms with van der Waals surface area (Å²) in [7, 11) is 1.79. The van der Waals surface area contributed by atoms with Gasteiger partial charge in [-0.1, -0.05) is 19.8 Å². The topological polar surface area (TPSA) is 44.5 Å². The van der Waals surface area contributed by atoms with Crippen molar-refractivity contribution in [1.29, 1.82) is 0 Å². The minimum absolute atomic E-state index is 0.101.